The molecule has 0 unspecified atom stereocenters. The minimum absolute atomic E-state index is 0. The molecule has 0 atom stereocenters. The van der Waals surface area contributed by atoms with Crippen molar-refractivity contribution < 1.29 is 101 Å². The van der Waals surface area contributed by atoms with Gasteiger partial charge in [0.1, 0.15) is 0 Å². The van der Waals surface area contributed by atoms with Crippen molar-refractivity contribution in [2.24, 2.45) is 5.41 Å². The average molecular weight is 403 g/mol. The van der Waals surface area contributed by atoms with Crippen molar-refractivity contribution in [3.05, 3.63) is 0 Å². The van der Waals surface area contributed by atoms with E-state index in [-0.39, 0.29) is 93.8 Å². The second-order valence-electron chi connectivity index (χ2n) is 7.05. The first-order valence-electron chi connectivity index (χ1n) is 9.94. The molecule has 0 aromatic heterocycles. The Balaban J connectivity index is -0.00000264. The van der Waals surface area contributed by atoms with E-state index in [1.165, 1.54) is 38.5 Å². The van der Waals surface area contributed by atoms with Gasteiger partial charge in [-0.1, -0.05) is 97.3 Å². The molecular weight excluding hydrogens is 366 g/mol. The molecule has 0 aliphatic carbocycles. The van der Waals surface area contributed by atoms with E-state index in [0.29, 0.717) is 12.8 Å². The summed E-state index contributed by atoms with van der Waals surface area (Å²) < 4.78 is 0. The number of hydrogen-bond acceptors (Lipinski definition) is 4. The van der Waals surface area contributed by atoms with Gasteiger partial charge in [-0.3, -0.25) is 0 Å². The maximum Gasteiger partial charge on any atom is 1.00 e. The van der Waals surface area contributed by atoms with E-state index in [1.807, 2.05) is 6.92 Å². The van der Waals surface area contributed by atoms with Gasteiger partial charge in [0.2, 0.25) is 0 Å². The standard InChI is InChI=1S/C20H38O4.K.Na/c1-3-5-7-8-9-10-11-12-13-15-17-20(18(21)22,19(23)24)16-14-6-4-2;;/h3-17H2,1-2H3,(H,21,22)(H,23,24);;/q;2*+1/p-2. The zero-order valence-corrected chi connectivity index (χ0v) is 22.9. The SMILES string of the molecule is CCCCCCCCCCCCC(CCCCC)(C(=O)[O-])C(=O)[O-].[K+].[Na+]. The summed E-state index contributed by atoms with van der Waals surface area (Å²) in [6.07, 6.45) is 14.0. The Morgan fingerprint density at radius 2 is 0.885 bits per heavy atom. The second-order valence-corrected chi connectivity index (χ2v) is 7.05. The van der Waals surface area contributed by atoms with Crippen LogP contribution in [0.2, 0.25) is 0 Å². The predicted octanol–water partition coefficient (Wildman–Crippen LogP) is -2.63. The summed E-state index contributed by atoms with van der Waals surface area (Å²) in [5.41, 5.74) is -1.80. The summed E-state index contributed by atoms with van der Waals surface area (Å²) in [6, 6.07) is 0. The molecule has 0 aliphatic heterocycles. The van der Waals surface area contributed by atoms with Gasteiger partial charge in [0.25, 0.3) is 0 Å². The summed E-state index contributed by atoms with van der Waals surface area (Å²) >= 11 is 0. The van der Waals surface area contributed by atoms with Gasteiger partial charge in [-0.15, -0.1) is 0 Å². The molecule has 4 nitrogen and oxygen atoms in total. The molecule has 142 valence electrons. The van der Waals surface area contributed by atoms with Gasteiger partial charge >= 0.3 is 80.9 Å². The molecular formula is C20H36KNaO4. The first-order chi connectivity index (χ1) is 11.5. The summed E-state index contributed by atoms with van der Waals surface area (Å²) in [5.74, 6) is -2.95. The molecule has 0 heterocycles. The van der Waals surface area contributed by atoms with Crippen LogP contribution in [0.4, 0.5) is 0 Å². The second kappa shape index (κ2) is 21.3. The number of unbranched alkanes of at least 4 members (excludes halogenated alkanes) is 11. The molecule has 0 spiro atoms. The van der Waals surface area contributed by atoms with Crippen molar-refractivity contribution in [3.63, 3.8) is 0 Å². The zero-order chi connectivity index (χ0) is 18.3. The molecule has 26 heavy (non-hydrogen) atoms. The largest absolute Gasteiger partial charge is 1.00 e. The van der Waals surface area contributed by atoms with E-state index in [9.17, 15) is 19.8 Å². The van der Waals surface area contributed by atoms with Crippen molar-refractivity contribution >= 4 is 11.9 Å². The number of carboxylic acid groups (broad SMARTS) is 2. The van der Waals surface area contributed by atoms with Crippen LogP contribution < -0.4 is 91.2 Å². The molecule has 6 heteroatoms. The van der Waals surface area contributed by atoms with Gasteiger partial charge in [-0.25, -0.2) is 0 Å². The zero-order valence-electron chi connectivity index (χ0n) is 17.7. The summed E-state index contributed by atoms with van der Waals surface area (Å²) in [6.45, 7) is 4.21. The smallest absolute Gasteiger partial charge is 0.549 e. The van der Waals surface area contributed by atoms with E-state index in [4.69, 9.17) is 0 Å². The molecule has 0 bridgehead atoms. The average Bonchev–Trinajstić information content (AvgIpc) is 2.54. The number of rotatable bonds is 17. The third kappa shape index (κ3) is 14.6. The van der Waals surface area contributed by atoms with Gasteiger partial charge in [0.15, 0.2) is 0 Å². The first kappa shape index (κ1) is 32.2. The number of hydrogen-bond donors (Lipinski definition) is 0. The Bertz CT molecular complexity index is 337. The Morgan fingerprint density at radius 3 is 1.23 bits per heavy atom. The van der Waals surface area contributed by atoms with E-state index < -0.39 is 17.4 Å². The van der Waals surface area contributed by atoms with Crippen molar-refractivity contribution in [2.75, 3.05) is 0 Å². The van der Waals surface area contributed by atoms with E-state index in [1.54, 1.807) is 0 Å². The van der Waals surface area contributed by atoms with Crippen LogP contribution in [0.15, 0.2) is 0 Å². The van der Waals surface area contributed by atoms with Gasteiger partial charge in [0.05, 0.1) is 11.9 Å². The molecule has 0 aliphatic rings. The fourth-order valence-corrected chi connectivity index (χ4v) is 3.21. The summed E-state index contributed by atoms with van der Waals surface area (Å²) in [5, 5.41) is 22.8. The third-order valence-electron chi connectivity index (χ3n) is 4.95. The first-order valence-corrected chi connectivity index (χ1v) is 9.94. The molecule has 0 rings (SSSR count). The third-order valence-corrected chi connectivity index (χ3v) is 4.95. The van der Waals surface area contributed by atoms with Crippen LogP contribution in [0.3, 0.4) is 0 Å². The van der Waals surface area contributed by atoms with Crippen LogP contribution in [0, 0.1) is 5.41 Å². The van der Waals surface area contributed by atoms with Crippen LogP contribution >= 0.6 is 0 Å². The Morgan fingerprint density at radius 1 is 0.615 bits per heavy atom. The normalized spacial score (nSPS) is 10.7. The number of carboxylic acids is 2. The Kier molecular flexibility index (Phi) is 26.4. The van der Waals surface area contributed by atoms with Crippen LogP contribution in [0.25, 0.3) is 0 Å². The number of carbonyl (C=O) groups excluding carboxylic acids is 2. The molecule has 0 aromatic rings. The Labute approximate surface area is 225 Å². The Hall–Kier alpha value is 1.58. The maximum atomic E-state index is 11.4. The minimum atomic E-state index is -1.80. The molecule has 0 saturated carbocycles. The van der Waals surface area contributed by atoms with E-state index in [0.717, 1.165) is 32.1 Å². The topological polar surface area (TPSA) is 80.3 Å². The summed E-state index contributed by atoms with van der Waals surface area (Å²) in [4.78, 5) is 22.8. The number of carbonyl (C=O) groups is 2. The molecule has 0 saturated heterocycles. The van der Waals surface area contributed by atoms with Crippen molar-refractivity contribution in [1.82, 2.24) is 0 Å². The number of aliphatic carboxylic acids is 2. The van der Waals surface area contributed by atoms with Crippen molar-refractivity contribution in [1.29, 1.82) is 0 Å². The molecule has 0 N–H and O–H groups in total. The van der Waals surface area contributed by atoms with E-state index in [2.05, 4.69) is 6.92 Å². The molecule has 0 radical (unpaired) electrons. The van der Waals surface area contributed by atoms with Crippen LogP contribution in [-0.4, -0.2) is 11.9 Å². The van der Waals surface area contributed by atoms with Crippen molar-refractivity contribution in [2.45, 2.75) is 110 Å². The van der Waals surface area contributed by atoms with Gasteiger partial charge in [0, 0.05) is 5.41 Å². The van der Waals surface area contributed by atoms with Crippen LogP contribution in [0.5, 0.6) is 0 Å². The fraction of sp³-hybridized carbons (Fsp3) is 0.900. The van der Waals surface area contributed by atoms with Crippen molar-refractivity contribution in [3.8, 4) is 0 Å². The van der Waals surface area contributed by atoms with E-state index >= 15 is 0 Å². The van der Waals surface area contributed by atoms with Crippen LogP contribution in [0.1, 0.15) is 110 Å². The maximum absolute atomic E-state index is 11.4. The fourth-order valence-electron chi connectivity index (χ4n) is 3.21. The molecule has 0 fully saturated rings. The van der Waals surface area contributed by atoms with Crippen LogP contribution in [-0.2, 0) is 9.59 Å². The van der Waals surface area contributed by atoms with Gasteiger partial charge < -0.3 is 19.8 Å². The van der Waals surface area contributed by atoms with Gasteiger partial charge in [-0.2, -0.15) is 0 Å². The van der Waals surface area contributed by atoms with Gasteiger partial charge in [-0.05, 0) is 12.8 Å². The minimum Gasteiger partial charge on any atom is -0.549 e. The summed E-state index contributed by atoms with van der Waals surface area (Å²) in [7, 11) is 0. The molecule has 0 amide bonds. The monoisotopic (exact) mass is 402 g/mol. The molecule has 0 aromatic carbocycles. The quantitative estimate of drug-likeness (QED) is 0.151. The predicted molar refractivity (Wildman–Crippen MR) is 93.1 cm³/mol.